The van der Waals surface area contributed by atoms with Crippen LogP contribution in [0, 0.1) is 11.8 Å². The number of rotatable bonds is 4. The molecular formula is C13H21N3O2. The largest absolute Gasteiger partial charge is 0.373 e. The molecule has 2 heterocycles. The standard InChI is InChI=1S/C13H21N3O2/c1-8-7-14-6-5-10(8)13-15-12(16-18-13)11(17-2)9-3-4-9/h8-11,14H,3-7H2,1-2H3. The number of methoxy groups -OCH3 is 1. The Bertz CT molecular complexity index is 403. The van der Waals surface area contributed by atoms with Crippen LogP contribution in [0.25, 0.3) is 0 Å². The van der Waals surface area contributed by atoms with Crippen LogP contribution in [0.4, 0.5) is 0 Å². The van der Waals surface area contributed by atoms with Gasteiger partial charge in [0.05, 0.1) is 0 Å². The Morgan fingerprint density at radius 3 is 2.89 bits per heavy atom. The Labute approximate surface area is 107 Å². The summed E-state index contributed by atoms with van der Waals surface area (Å²) in [4.78, 5) is 4.59. The van der Waals surface area contributed by atoms with Gasteiger partial charge in [0.25, 0.3) is 0 Å². The molecule has 1 saturated heterocycles. The van der Waals surface area contributed by atoms with E-state index in [0.29, 0.717) is 17.8 Å². The second-order valence-corrected chi connectivity index (χ2v) is 5.56. The summed E-state index contributed by atoms with van der Waals surface area (Å²) in [7, 11) is 1.73. The van der Waals surface area contributed by atoms with Gasteiger partial charge < -0.3 is 14.6 Å². The summed E-state index contributed by atoms with van der Waals surface area (Å²) in [5.74, 6) is 3.06. The van der Waals surface area contributed by atoms with Gasteiger partial charge in [-0.3, -0.25) is 0 Å². The molecule has 0 aromatic carbocycles. The van der Waals surface area contributed by atoms with E-state index in [4.69, 9.17) is 9.26 Å². The quantitative estimate of drug-likeness (QED) is 0.885. The van der Waals surface area contributed by atoms with E-state index < -0.39 is 0 Å². The molecule has 5 heteroatoms. The summed E-state index contributed by atoms with van der Waals surface area (Å²) in [6.07, 6.45) is 3.53. The molecule has 1 N–H and O–H groups in total. The lowest BCUT2D eigenvalue weighted by atomic mass is 9.88. The third-order valence-corrected chi connectivity index (χ3v) is 4.12. The maximum Gasteiger partial charge on any atom is 0.230 e. The third kappa shape index (κ3) is 2.29. The van der Waals surface area contributed by atoms with Gasteiger partial charge >= 0.3 is 0 Å². The minimum Gasteiger partial charge on any atom is -0.373 e. The molecule has 3 unspecified atom stereocenters. The van der Waals surface area contributed by atoms with Crippen molar-refractivity contribution in [1.29, 1.82) is 0 Å². The zero-order valence-corrected chi connectivity index (χ0v) is 11.1. The van der Waals surface area contributed by atoms with Gasteiger partial charge in [0.2, 0.25) is 11.7 Å². The summed E-state index contributed by atoms with van der Waals surface area (Å²) in [5, 5.41) is 7.52. The van der Waals surface area contributed by atoms with Crippen molar-refractivity contribution < 1.29 is 9.26 Å². The fourth-order valence-corrected chi connectivity index (χ4v) is 2.80. The van der Waals surface area contributed by atoms with Crippen LogP contribution in [0.15, 0.2) is 4.52 Å². The van der Waals surface area contributed by atoms with E-state index in [1.54, 1.807) is 7.11 Å². The van der Waals surface area contributed by atoms with E-state index in [1.807, 2.05) is 0 Å². The fourth-order valence-electron chi connectivity index (χ4n) is 2.80. The normalized spacial score (nSPS) is 30.3. The van der Waals surface area contributed by atoms with Gasteiger partial charge in [-0.25, -0.2) is 0 Å². The SMILES string of the molecule is COC(c1noc(C2CCNCC2C)n1)C1CC1. The lowest BCUT2D eigenvalue weighted by Gasteiger charge is -2.26. The van der Waals surface area contributed by atoms with E-state index in [0.717, 1.165) is 31.2 Å². The van der Waals surface area contributed by atoms with Crippen molar-refractivity contribution in [3.05, 3.63) is 11.7 Å². The van der Waals surface area contributed by atoms with Gasteiger partial charge in [-0.2, -0.15) is 4.98 Å². The van der Waals surface area contributed by atoms with Crippen molar-refractivity contribution >= 4 is 0 Å². The molecule has 2 aliphatic rings. The molecule has 1 aromatic heterocycles. The molecule has 18 heavy (non-hydrogen) atoms. The number of piperidine rings is 1. The predicted octanol–water partition coefficient (Wildman–Crippen LogP) is 1.88. The van der Waals surface area contributed by atoms with Crippen LogP contribution in [0.3, 0.4) is 0 Å². The first-order valence-corrected chi connectivity index (χ1v) is 6.86. The molecule has 0 bridgehead atoms. The molecular weight excluding hydrogens is 230 g/mol. The number of aromatic nitrogens is 2. The Morgan fingerprint density at radius 1 is 1.39 bits per heavy atom. The van der Waals surface area contributed by atoms with Crippen molar-refractivity contribution in [2.45, 2.75) is 38.2 Å². The van der Waals surface area contributed by atoms with Gasteiger partial charge in [-0.15, -0.1) is 0 Å². The van der Waals surface area contributed by atoms with Crippen molar-refractivity contribution in [1.82, 2.24) is 15.5 Å². The third-order valence-electron chi connectivity index (χ3n) is 4.12. The second kappa shape index (κ2) is 4.97. The van der Waals surface area contributed by atoms with Crippen LogP contribution in [-0.4, -0.2) is 30.3 Å². The number of hydrogen-bond donors (Lipinski definition) is 1. The highest BCUT2D eigenvalue weighted by Gasteiger charge is 2.36. The minimum atomic E-state index is 0.0273. The van der Waals surface area contributed by atoms with Crippen molar-refractivity contribution in [3.8, 4) is 0 Å². The molecule has 2 fully saturated rings. The van der Waals surface area contributed by atoms with E-state index in [2.05, 4.69) is 22.4 Å². The van der Waals surface area contributed by atoms with Crippen molar-refractivity contribution in [3.63, 3.8) is 0 Å². The smallest absolute Gasteiger partial charge is 0.230 e. The Kier molecular flexibility index (Phi) is 3.35. The monoisotopic (exact) mass is 251 g/mol. The molecule has 3 rings (SSSR count). The van der Waals surface area contributed by atoms with Crippen molar-refractivity contribution in [2.24, 2.45) is 11.8 Å². The zero-order chi connectivity index (χ0) is 12.5. The summed E-state index contributed by atoms with van der Waals surface area (Å²) in [5.41, 5.74) is 0. The fraction of sp³-hybridized carbons (Fsp3) is 0.846. The van der Waals surface area contributed by atoms with E-state index in [1.165, 1.54) is 12.8 Å². The van der Waals surface area contributed by atoms with Gasteiger partial charge in [-0.1, -0.05) is 12.1 Å². The molecule has 1 aromatic rings. The first kappa shape index (κ1) is 12.1. The van der Waals surface area contributed by atoms with Crippen LogP contribution in [0.1, 0.15) is 49.9 Å². The van der Waals surface area contributed by atoms with Crippen LogP contribution in [0.5, 0.6) is 0 Å². The van der Waals surface area contributed by atoms with Gasteiger partial charge in [0, 0.05) is 13.0 Å². The number of nitrogens with zero attached hydrogens (tertiary/aromatic N) is 2. The Morgan fingerprint density at radius 2 is 2.22 bits per heavy atom. The summed E-state index contributed by atoms with van der Waals surface area (Å²) < 4.78 is 11.0. The molecule has 5 nitrogen and oxygen atoms in total. The van der Waals surface area contributed by atoms with E-state index in [9.17, 15) is 0 Å². The number of nitrogens with one attached hydrogen (secondary N) is 1. The minimum absolute atomic E-state index is 0.0273. The average Bonchev–Trinajstić information content (AvgIpc) is 3.09. The summed E-state index contributed by atoms with van der Waals surface area (Å²) >= 11 is 0. The summed E-state index contributed by atoms with van der Waals surface area (Å²) in [6, 6.07) is 0. The highest BCUT2D eigenvalue weighted by molar-refractivity contribution is 5.03. The van der Waals surface area contributed by atoms with Crippen LogP contribution < -0.4 is 5.32 Å². The van der Waals surface area contributed by atoms with Gasteiger partial charge in [0.15, 0.2) is 0 Å². The molecule has 1 aliphatic carbocycles. The maximum absolute atomic E-state index is 5.49. The second-order valence-electron chi connectivity index (χ2n) is 5.56. The first-order valence-electron chi connectivity index (χ1n) is 6.86. The van der Waals surface area contributed by atoms with E-state index >= 15 is 0 Å². The van der Waals surface area contributed by atoms with Crippen molar-refractivity contribution in [2.75, 3.05) is 20.2 Å². The highest BCUT2D eigenvalue weighted by Crippen LogP contribution is 2.42. The lowest BCUT2D eigenvalue weighted by Crippen LogP contribution is -2.33. The number of hydrogen-bond acceptors (Lipinski definition) is 5. The first-order chi connectivity index (χ1) is 8.79. The molecule has 1 aliphatic heterocycles. The zero-order valence-electron chi connectivity index (χ0n) is 11.1. The maximum atomic E-state index is 5.49. The Balaban J connectivity index is 1.75. The summed E-state index contributed by atoms with van der Waals surface area (Å²) in [6.45, 7) is 4.29. The average molecular weight is 251 g/mol. The van der Waals surface area contributed by atoms with Crippen LogP contribution >= 0.6 is 0 Å². The lowest BCUT2D eigenvalue weighted by molar-refractivity contribution is 0.0751. The molecule has 100 valence electrons. The molecule has 1 saturated carbocycles. The highest BCUT2D eigenvalue weighted by atomic mass is 16.5. The number of ether oxygens (including phenoxy) is 1. The van der Waals surface area contributed by atoms with Crippen LogP contribution in [0.2, 0.25) is 0 Å². The van der Waals surface area contributed by atoms with Gasteiger partial charge in [-0.05, 0) is 44.2 Å². The Hall–Kier alpha value is -0.940. The molecule has 0 radical (unpaired) electrons. The molecule has 3 atom stereocenters. The van der Waals surface area contributed by atoms with Gasteiger partial charge in [0.1, 0.15) is 6.10 Å². The molecule has 0 amide bonds. The predicted molar refractivity (Wildman–Crippen MR) is 66.2 cm³/mol. The molecule has 0 spiro atoms. The van der Waals surface area contributed by atoms with E-state index in [-0.39, 0.29) is 6.10 Å². The van der Waals surface area contributed by atoms with Crippen LogP contribution in [-0.2, 0) is 4.74 Å². The topological polar surface area (TPSA) is 60.2 Å².